The van der Waals surface area contributed by atoms with Crippen LogP contribution in [0.4, 0.5) is 11.5 Å². The summed E-state index contributed by atoms with van der Waals surface area (Å²) in [6.45, 7) is 2.02. The third-order valence-electron chi connectivity index (χ3n) is 2.03. The van der Waals surface area contributed by atoms with Crippen LogP contribution in [0.15, 0.2) is 23.1 Å². The van der Waals surface area contributed by atoms with Gasteiger partial charge in [-0.3, -0.25) is 4.68 Å². The first-order valence-corrected chi connectivity index (χ1v) is 5.76. The molecule has 0 unspecified atom stereocenters. The van der Waals surface area contributed by atoms with Crippen molar-refractivity contribution in [2.24, 2.45) is 7.05 Å². The van der Waals surface area contributed by atoms with Crippen molar-refractivity contribution in [1.29, 1.82) is 0 Å². The fraction of sp³-hybridized carbons (Fsp3) is 0.300. The van der Waals surface area contributed by atoms with Gasteiger partial charge in [-0.05, 0) is 15.9 Å². The van der Waals surface area contributed by atoms with Crippen molar-refractivity contribution in [2.75, 3.05) is 5.32 Å². The summed E-state index contributed by atoms with van der Waals surface area (Å²) >= 11 is 3.36. The van der Waals surface area contributed by atoms with Gasteiger partial charge >= 0.3 is 0 Å². The third-order valence-corrected chi connectivity index (χ3v) is 2.44. The SMILES string of the molecule is CCc1nc(Br)cc(Nc2cnn(C)c2)n1. The second-order valence-corrected chi connectivity index (χ2v) is 4.19. The van der Waals surface area contributed by atoms with Gasteiger partial charge in [0.15, 0.2) is 0 Å². The molecule has 6 heteroatoms. The van der Waals surface area contributed by atoms with Crippen LogP contribution < -0.4 is 5.32 Å². The van der Waals surface area contributed by atoms with Gasteiger partial charge in [0, 0.05) is 25.7 Å². The lowest BCUT2D eigenvalue weighted by atomic mass is 10.4. The second-order valence-electron chi connectivity index (χ2n) is 3.37. The quantitative estimate of drug-likeness (QED) is 0.877. The summed E-state index contributed by atoms with van der Waals surface area (Å²) in [5, 5.41) is 7.25. The van der Waals surface area contributed by atoms with Crippen molar-refractivity contribution in [3.8, 4) is 0 Å². The maximum Gasteiger partial charge on any atom is 0.135 e. The predicted molar refractivity (Wildman–Crippen MR) is 65.6 cm³/mol. The van der Waals surface area contributed by atoms with E-state index >= 15 is 0 Å². The molecule has 0 aliphatic carbocycles. The first-order chi connectivity index (χ1) is 7.67. The van der Waals surface area contributed by atoms with E-state index in [0.29, 0.717) is 0 Å². The number of rotatable bonds is 3. The molecular formula is C10H12BrN5. The molecule has 84 valence electrons. The smallest absolute Gasteiger partial charge is 0.135 e. The Hall–Kier alpha value is -1.43. The molecule has 5 nitrogen and oxygen atoms in total. The fourth-order valence-electron chi connectivity index (χ4n) is 1.32. The summed E-state index contributed by atoms with van der Waals surface area (Å²) in [5.41, 5.74) is 0.912. The molecule has 0 radical (unpaired) electrons. The van der Waals surface area contributed by atoms with Crippen LogP contribution in [0.5, 0.6) is 0 Å². The highest BCUT2D eigenvalue weighted by Crippen LogP contribution is 2.17. The molecule has 0 amide bonds. The van der Waals surface area contributed by atoms with E-state index in [2.05, 4.69) is 36.3 Å². The zero-order chi connectivity index (χ0) is 11.5. The Morgan fingerprint density at radius 1 is 1.44 bits per heavy atom. The molecule has 16 heavy (non-hydrogen) atoms. The highest BCUT2D eigenvalue weighted by molar-refractivity contribution is 9.10. The van der Waals surface area contributed by atoms with Crippen LogP contribution in [0.25, 0.3) is 0 Å². The predicted octanol–water partition coefficient (Wildman–Crippen LogP) is 2.28. The number of hydrogen-bond acceptors (Lipinski definition) is 4. The number of nitrogens with zero attached hydrogens (tertiary/aromatic N) is 4. The number of anilines is 2. The van der Waals surface area contributed by atoms with Gasteiger partial charge in [0.2, 0.25) is 0 Å². The van der Waals surface area contributed by atoms with E-state index in [1.807, 2.05) is 26.2 Å². The van der Waals surface area contributed by atoms with Crippen LogP contribution in [-0.4, -0.2) is 19.7 Å². The Balaban J connectivity index is 2.24. The van der Waals surface area contributed by atoms with E-state index in [9.17, 15) is 0 Å². The normalized spacial score (nSPS) is 10.4. The molecule has 0 bridgehead atoms. The number of nitrogens with one attached hydrogen (secondary N) is 1. The minimum atomic E-state index is 0.770. The molecule has 1 N–H and O–H groups in total. The lowest BCUT2D eigenvalue weighted by Crippen LogP contribution is -1.99. The minimum absolute atomic E-state index is 0.770. The minimum Gasteiger partial charge on any atom is -0.338 e. The van der Waals surface area contributed by atoms with Crippen molar-refractivity contribution in [3.05, 3.63) is 28.9 Å². The highest BCUT2D eigenvalue weighted by Gasteiger charge is 2.03. The number of aromatic nitrogens is 4. The van der Waals surface area contributed by atoms with Gasteiger partial charge in [-0.2, -0.15) is 5.10 Å². The average molecular weight is 282 g/mol. The van der Waals surface area contributed by atoms with Crippen LogP contribution in [0, 0.1) is 0 Å². The van der Waals surface area contributed by atoms with E-state index in [-0.39, 0.29) is 0 Å². The second kappa shape index (κ2) is 4.61. The Morgan fingerprint density at radius 2 is 2.25 bits per heavy atom. The van der Waals surface area contributed by atoms with Crippen LogP contribution >= 0.6 is 15.9 Å². The first-order valence-electron chi connectivity index (χ1n) is 4.96. The summed E-state index contributed by atoms with van der Waals surface area (Å²) in [4.78, 5) is 8.61. The Kier molecular flexibility index (Phi) is 3.19. The molecule has 0 aliphatic rings. The summed E-state index contributed by atoms with van der Waals surface area (Å²) in [6.07, 6.45) is 4.45. The van der Waals surface area contributed by atoms with Crippen molar-refractivity contribution in [2.45, 2.75) is 13.3 Å². The van der Waals surface area contributed by atoms with Gasteiger partial charge in [0.25, 0.3) is 0 Å². The molecule has 0 spiro atoms. The Bertz CT molecular complexity index is 494. The number of hydrogen-bond donors (Lipinski definition) is 1. The van der Waals surface area contributed by atoms with Gasteiger partial charge in [-0.15, -0.1) is 0 Å². The molecule has 0 aliphatic heterocycles. The van der Waals surface area contributed by atoms with Gasteiger partial charge in [0.05, 0.1) is 11.9 Å². The standard InChI is InChI=1S/C10H12BrN5/c1-3-9-14-8(11)4-10(15-9)13-7-5-12-16(2)6-7/h4-6H,3H2,1-2H3,(H,13,14,15). The maximum absolute atomic E-state index is 4.37. The van der Waals surface area contributed by atoms with E-state index in [4.69, 9.17) is 0 Å². The van der Waals surface area contributed by atoms with Crippen LogP contribution in [-0.2, 0) is 13.5 Å². The summed E-state index contributed by atoms with van der Waals surface area (Å²) in [5.74, 6) is 1.58. The molecule has 2 rings (SSSR count). The number of halogens is 1. The molecule has 0 saturated heterocycles. The molecule has 2 aromatic heterocycles. The molecule has 0 fully saturated rings. The van der Waals surface area contributed by atoms with Crippen molar-refractivity contribution in [3.63, 3.8) is 0 Å². The first kappa shape index (κ1) is 11.1. The van der Waals surface area contributed by atoms with Gasteiger partial charge < -0.3 is 5.32 Å². The van der Waals surface area contributed by atoms with E-state index in [1.54, 1.807) is 10.9 Å². The summed E-state index contributed by atoms with van der Waals surface area (Å²) in [7, 11) is 1.87. The summed E-state index contributed by atoms with van der Waals surface area (Å²) < 4.78 is 2.52. The fourth-order valence-corrected chi connectivity index (χ4v) is 1.74. The molecule has 0 aromatic carbocycles. The zero-order valence-electron chi connectivity index (χ0n) is 9.11. The van der Waals surface area contributed by atoms with Crippen molar-refractivity contribution < 1.29 is 0 Å². The lowest BCUT2D eigenvalue weighted by molar-refractivity contribution is 0.768. The molecular weight excluding hydrogens is 270 g/mol. The topological polar surface area (TPSA) is 55.6 Å². The van der Waals surface area contributed by atoms with Crippen molar-refractivity contribution in [1.82, 2.24) is 19.7 Å². The maximum atomic E-state index is 4.37. The van der Waals surface area contributed by atoms with Gasteiger partial charge in [-0.25, -0.2) is 9.97 Å². The zero-order valence-corrected chi connectivity index (χ0v) is 10.7. The third kappa shape index (κ3) is 2.57. The van der Waals surface area contributed by atoms with Crippen LogP contribution in [0.2, 0.25) is 0 Å². The van der Waals surface area contributed by atoms with Crippen LogP contribution in [0.3, 0.4) is 0 Å². The largest absolute Gasteiger partial charge is 0.338 e. The van der Waals surface area contributed by atoms with Gasteiger partial charge in [-0.1, -0.05) is 6.92 Å². The molecule has 2 heterocycles. The van der Waals surface area contributed by atoms with Gasteiger partial charge in [0.1, 0.15) is 16.2 Å². The molecule has 2 aromatic rings. The Morgan fingerprint density at radius 3 is 2.88 bits per heavy atom. The molecule has 0 saturated carbocycles. The highest BCUT2D eigenvalue weighted by atomic mass is 79.9. The van der Waals surface area contributed by atoms with E-state index < -0.39 is 0 Å². The monoisotopic (exact) mass is 281 g/mol. The summed E-state index contributed by atoms with van der Waals surface area (Å²) in [6, 6.07) is 1.84. The molecule has 0 atom stereocenters. The van der Waals surface area contributed by atoms with E-state index in [0.717, 1.165) is 28.4 Å². The van der Waals surface area contributed by atoms with Crippen molar-refractivity contribution >= 4 is 27.4 Å². The Labute approximate surface area is 102 Å². The van der Waals surface area contributed by atoms with Crippen LogP contribution in [0.1, 0.15) is 12.7 Å². The van der Waals surface area contributed by atoms with E-state index in [1.165, 1.54) is 0 Å². The lowest BCUT2D eigenvalue weighted by Gasteiger charge is -2.04. The average Bonchev–Trinajstić information content (AvgIpc) is 2.63. The number of aryl methyl sites for hydroxylation is 2.